The van der Waals surface area contributed by atoms with Gasteiger partial charge in [-0.1, -0.05) is 17.9 Å². The van der Waals surface area contributed by atoms with Crippen LogP contribution in [0.3, 0.4) is 0 Å². The summed E-state index contributed by atoms with van der Waals surface area (Å²) in [5.41, 5.74) is 4.37. The molecular formula is C26H19FN6. The highest BCUT2D eigenvalue weighted by molar-refractivity contribution is 5.93. The number of alkyl halides is 1. The van der Waals surface area contributed by atoms with Crippen LogP contribution in [0, 0.1) is 18.8 Å². The first kappa shape index (κ1) is 20.5. The molecule has 0 amide bonds. The van der Waals surface area contributed by atoms with E-state index in [9.17, 15) is 4.39 Å². The SMILES string of the molecule is Cc1cc(C2=CC=C(CNc3nccc4cc(-c5cnccn5)ncc34)C#CC2F)ccn1. The number of aryl methyl sites for hydroxylation is 1. The molecule has 1 N–H and O–H groups in total. The number of anilines is 1. The summed E-state index contributed by atoms with van der Waals surface area (Å²) in [5, 5.41) is 5.16. The van der Waals surface area contributed by atoms with Gasteiger partial charge < -0.3 is 5.32 Å². The number of hydrogen-bond donors (Lipinski definition) is 1. The Morgan fingerprint density at radius 2 is 1.85 bits per heavy atom. The van der Waals surface area contributed by atoms with Gasteiger partial charge in [0, 0.05) is 59.8 Å². The van der Waals surface area contributed by atoms with E-state index in [-0.39, 0.29) is 0 Å². The number of allylic oxidation sites excluding steroid dienone is 3. The van der Waals surface area contributed by atoms with Crippen molar-refractivity contribution in [2.24, 2.45) is 0 Å². The van der Waals surface area contributed by atoms with Crippen molar-refractivity contribution in [3.8, 4) is 23.2 Å². The zero-order valence-electron chi connectivity index (χ0n) is 17.8. The first-order chi connectivity index (χ1) is 16.2. The summed E-state index contributed by atoms with van der Waals surface area (Å²) in [6.07, 6.45) is 12.4. The molecule has 0 aromatic carbocycles. The van der Waals surface area contributed by atoms with Gasteiger partial charge in [0.1, 0.15) is 11.5 Å². The minimum atomic E-state index is -1.36. The minimum Gasteiger partial charge on any atom is -0.365 e. The molecular weight excluding hydrogens is 415 g/mol. The molecule has 1 aliphatic carbocycles. The van der Waals surface area contributed by atoms with E-state index in [2.05, 4.69) is 42.1 Å². The van der Waals surface area contributed by atoms with Gasteiger partial charge in [0.2, 0.25) is 0 Å². The first-order valence-electron chi connectivity index (χ1n) is 10.4. The molecule has 6 nitrogen and oxygen atoms in total. The Kier molecular flexibility index (Phi) is 5.56. The number of nitrogens with zero attached hydrogens (tertiary/aromatic N) is 5. The Bertz CT molecular complexity index is 1450. The van der Waals surface area contributed by atoms with Crippen molar-refractivity contribution in [3.63, 3.8) is 0 Å². The van der Waals surface area contributed by atoms with Gasteiger partial charge in [-0.2, -0.15) is 0 Å². The molecule has 0 aliphatic heterocycles. The highest BCUT2D eigenvalue weighted by atomic mass is 19.1. The summed E-state index contributed by atoms with van der Waals surface area (Å²) in [5.74, 6) is 6.33. The molecule has 1 unspecified atom stereocenters. The third-order valence-corrected chi connectivity index (χ3v) is 5.25. The number of fused-ring (bicyclic) bond motifs is 1. The number of hydrogen-bond acceptors (Lipinski definition) is 6. The first-order valence-corrected chi connectivity index (χ1v) is 10.4. The summed E-state index contributed by atoms with van der Waals surface area (Å²) in [6, 6.07) is 7.54. The van der Waals surface area contributed by atoms with E-state index < -0.39 is 6.17 Å². The molecule has 0 spiro atoms. The van der Waals surface area contributed by atoms with Crippen LogP contribution in [-0.4, -0.2) is 37.6 Å². The van der Waals surface area contributed by atoms with E-state index in [0.29, 0.717) is 23.6 Å². The van der Waals surface area contributed by atoms with Crippen molar-refractivity contribution in [3.05, 3.63) is 90.4 Å². The lowest BCUT2D eigenvalue weighted by Crippen LogP contribution is -2.06. The fourth-order valence-electron chi connectivity index (χ4n) is 3.58. The second kappa shape index (κ2) is 8.97. The Labute approximate surface area is 190 Å². The van der Waals surface area contributed by atoms with Crippen LogP contribution in [-0.2, 0) is 0 Å². The maximum absolute atomic E-state index is 14.7. The van der Waals surface area contributed by atoms with Gasteiger partial charge in [-0.05, 0) is 48.2 Å². The molecule has 7 heteroatoms. The van der Waals surface area contributed by atoms with Crippen LogP contribution in [0.1, 0.15) is 11.3 Å². The van der Waals surface area contributed by atoms with Crippen LogP contribution < -0.4 is 5.32 Å². The van der Waals surface area contributed by atoms with Crippen molar-refractivity contribution < 1.29 is 4.39 Å². The molecule has 4 heterocycles. The maximum atomic E-state index is 14.7. The second-order valence-corrected chi connectivity index (χ2v) is 7.53. The van der Waals surface area contributed by atoms with Crippen LogP contribution in [0.15, 0.2) is 79.2 Å². The van der Waals surface area contributed by atoms with Crippen molar-refractivity contribution >= 4 is 22.2 Å². The van der Waals surface area contributed by atoms with Crippen molar-refractivity contribution in [2.45, 2.75) is 13.1 Å². The lowest BCUT2D eigenvalue weighted by atomic mass is 10.0. The third kappa shape index (κ3) is 4.46. The van der Waals surface area contributed by atoms with E-state index in [1.807, 2.05) is 31.2 Å². The van der Waals surface area contributed by atoms with Crippen molar-refractivity contribution in [2.75, 3.05) is 11.9 Å². The Hall–Kier alpha value is -4.44. The molecule has 4 aromatic rings. The molecule has 0 saturated heterocycles. The highest BCUT2D eigenvalue weighted by Gasteiger charge is 2.15. The van der Waals surface area contributed by atoms with E-state index in [1.54, 1.807) is 49.3 Å². The highest BCUT2D eigenvalue weighted by Crippen LogP contribution is 2.25. The topological polar surface area (TPSA) is 76.5 Å². The normalized spacial score (nSPS) is 15.2. The minimum absolute atomic E-state index is 0.414. The monoisotopic (exact) mass is 434 g/mol. The number of rotatable bonds is 5. The van der Waals surface area contributed by atoms with Gasteiger partial charge in [0.15, 0.2) is 6.17 Å². The number of nitrogens with one attached hydrogen (secondary N) is 1. The van der Waals surface area contributed by atoms with Gasteiger partial charge in [-0.3, -0.25) is 19.9 Å². The molecule has 0 bridgehead atoms. The average molecular weight is 434 g/mol. The standard InChI is InChI=1S/C26H19FN6/c1-17-12-19(6-8-29-17)21-4-2-18(3-5-23(21)27)14-33-26-22-15-32-24(13-20(22)7-9-31-26)25-16-28-10-11-30-25/h2,4,6-13,15-16,23H,14H2,1H3,(H,31,33). The van der Waals surface area contributed by atoms with Gasteiger partial charge in [-0.15, -0.1) is 0 Å². The van der Waals surface area contributed by atoms with Gasteiger partial charge in [0.25, 0.3) is 0 Å². The molecule has 4 aromatic heterocycles. The summed E-state index contributed by atoms with van der Waals surface area (Å²) in [6.45, 7) is 2.30. The molecule has 160 valence electrons. The summed E-state index contributed by atoms with van der Waals surface area (Å²) in [4.78, 5) is 21.6. The van der Waals surface area contributed by atoms with Crippen LogP contribution in [0.25, 0.3) is 27.7 Å². The number of halogens is 1. The van der Waals surface area contributed by atoms with Crippen LogP contribution in [0.5, 0.6) is 0 Å². The zero-order chi connectivity index (χ0) is 22.6. The molecule has 0 fully saturated rings. The van der Waals surface area contributed by atoms with Gasteiger partial charge >= 0.3 is 0 Å². The number of pyridine rings is 3. The third-order valence-electron chi connectivity index (χ3n) is 5.25. The molecule has 1 aliphatic rings. The fraction of sp³-hybridized carbons (Fsp3) is 0.115. The fourth-order valence-corrected chi connectivity index (χ4v) is 3.58. The van der Waals surface area contributed by atoms with Crippen LogP contribution in [0.4, 0.5) is 10.2 Å². The summed E-state index contributed by atoms with van der Waals surface area (Å²) in [7, 11) is 0. The van der Waals surface area contributed by atoms with Crippen LogP contribution >= 0.6 is 0 Å². The quantitative estimate of drug-likeness (QED) is 0.464. The predicted octanol–water partition coefficient (Wildman–Crippen LogP) is 4.57. The molecule has 5 rings (SSSR count). The Balaban J connectivity index is 1.38. The van der Waals surface area contributed by atoms with Crippen molar-refractivity contribution in [1.29, 1.82) is 0 Å². The molecule has 0 radical (unpaired) electrons. The van der Waals surface area contributed by atoms with E-state index in [0.717, 1.165) is 33.3 Å². The van der Waals surface area contributed by atoms with Gasteiger partial charge in [-0.25, -0.2) is 9.37 Å². The maximum Gasteiger partial charge on any atom is 0.186 e. The summed E-state index contributed by atoms with van der Waals surface area (Å²) < 4.78 is 14.7. The Morgan fingerprint density at radius 3 is 2.70 bits per heavy atom. The van der Waals surface area contributed by atoms with Crippen molar-refractivity contribution in [1.82, 2.24) is 24.9 Å². The molecule has 1 atom stereocenters. The Morgan fingerprint density at radius 1 is 0.939 bits per heavy atom. The molecule has 0 saturated carbocycles. The molecule has 33 heavy (non-hydrogen) atoms. The number of aromatic nitrogens is 5. The lowest BCUT2D eigenvalue weighted by molar-refractivity contribution is 0.493. The van der Waals surface area contributed by atoms with E-state index >= 15 is 0 Å². The largest absolute Gasteiger partial charge is 0.365 e. The van der Waals surface area contributed by atoms with Crippen LogP contribution in [0.2, 0.25) is 0 Å². The van der Waals surface area contributed by atoms with Gasteiger partial charge in [0.05, 0.1) is 11.9 Å². The summed E-state index contributed by atoms with van der Waals surface area (Å²) >= 11 is 0. The smallest absolute Gasteiger partial charge is 0.186 e. The lowest BCUT2D eigenvalue weighted by Gasteiger charge is -2.09. The van der Waals surface area contributed by atoms with E-state index in [1.165, 1.54) is 0 Å². The average Bonchev–Trinajstić information content (AvgIpc) is 3.04. The van der Waals surface area contributed by atoms with E-state index in [4.69, 9.17) is 0 Å². The zero-order valence-corrected chi connectivity index (χ0v) is 17.8. The predicted molar refractivity (Wildman–Crippen MR) is 127 cm³/mol. The second-order valence-electron chi connectivity index (χ2n) is 7.53.